The van der Waals surface area contributed by atoms with Crippen molar-refractivity contribution in [3.63, 3.8) is 0 Å². The van der Waals surface area contributed by atoms with E-state index in [-0.39, 0.29) is 17.9 Å². The maximum atomic E-state index is 12.5. The molecule has 4 rings (SSSR count). The first-order chi connectivity index (χ1) is 17.0. The van der Waals surface area contributed by atoms with E-state index in [0.29, 0.717) is 5.56 Å². The molecule has 1 saturated heterocycles. The van der Waals surface area contributed by atoms with Crippen LogP contribution in [0.25, 0.3) is 6.08 Å². The van der Waals surface area contributed by atoms with Crippen molar-refractivity contribution in [2.75, 3.05) is 6.61 Å². The van der Waals surface area contributed by atoms with Gasteiger partial charge in [0.1, 0.15) is 30.5 Å². The van der Waals surface area contributed by atoms with Gasteiger partial charge in [-0.3, -0.25) is 0 Å². The average Bonchev–Trinajstić information content (AvgIpc) is 3.10. The first-order valence-electron chi connectivity index (χ1n) is 11.4. The second-order valence-corrected chi connectivity index (χ2v) is 9.39. The van der Waals surface area contributed by atoms with E-state index in [1.54, 1.807) is 6.08 Å². The molecule has 12 nitrogen and oxygen atoms in total. The Hall–Kier alpha value is -2.71. The lowest BCUT2D eigenvalue weighted by molar-refractivity contribution is -0.346. The van der Waals surface area contributed by atoms with Crippen molar-refractivity contribution in [1.82, 2.24) is 0 Å². The summed E-state index contributed by atoms with van der Waals surface area (Å²) in [5.41, 5.74) is -0.969. The predicted molar refractivity (Wildman–Crippen MR) is 120 cm³/mol. The lowest BCUT2D eigenvalue weighted by atomic mass is 9.85. The van der Waals surface area contributed by atoms with Gasteiger partial charge in [-0.25, -0.2) is 4.79 Å². The third kappa shape index (κ3) is 5.20. The molecule has 0 unspecified atom stereocenters. The molecule has 10 atom stereocenters. The molecule has 1 aliphatic carbocycles. The normalized spacial score (nSPS) is 40.1. The largest absolute Gasteiger partial charge is 0.504 e. The lowest BCUT2D eigenvalue weighted by Crippen LogP contribution is -2.60. The first kappa shape index (κ1) is 26.4. The van der Waals surface area contributed by atoms with Gasteiger partial charge in [0, 0.05) is 18.4 Å². The van der Waals surface area contributed by atoms with Gasteiger partial charge >= 0.3 is 5.97 Å². The number of phenols is 2. The monoisotopic (exact) mass is 510 g/mol. The average molecular weight is 510 g/mol. The second kappa shape index (κ2) is 10.3. The van der Waals surface area contributed by atoms with Gasteiger partial charge in [0.05, 0.1) is 24.4 Å². The van der Waals surface area contributed by atoms with E-state index >= 15 is 0 Å². The molecule has 7 N–H and O–H groups in total. The number of hydrogen-bond acceptors (Lipinski definition) is 12. The second-order valence-electron chi connectivity index (χ2n) is 9.39. The number of fused-ring (bicyclic) bond motifs is 1. The summed E-state index contributed by atoms with van der Waals surface area (Å²) in [7, 11) is 0. The number of aliphatic hydroxyl groups is 5. The molecule has 3 aliphatic rings. The summed E-state index contributed by atoms with van der Waals surface area (Å²) in [4.78, 5) is 12.5. The van der Waals surface area contributed by atoms with E-state index in [1.165, 1.54) is 37.5 Å². The van der Waals surface area contributed by atoms with Gasteiger partial charge in [-0.15, -0.1) is 0 Å². The number of ether oxygens (including phenoxy) is 4. The Morgan fingerprint density at radius 1 is 1.14 bits per heavy atom. The topological polar surface area (TPSA) is 196 Å². The highest BCUT2D eigenvalue weighted by molar-refractivity contribution is 5.87. The van der Waals surface area contributed by atoms with Crippen LogP contribution in [0.15, 0.2) is 36.6 Å². The van der Waals surface area contributed by atoms with Crippen molar-refractivity contribution >= 4 is 12.0 Å². The fourth-order valence-electron chi connectivity index (χ4n) is 4.89. The Labute approximate surface area is 206 Å². The van der Waals surface area contributed by atoms with Crippen LogP contribution >= 0.6 is 0 Å². The van der Waals surface area contributed by atoms with Crippen molar-refractivity contribution in [3.05, 3.63) is 42.2 Å². The molecule has 2 aliphatic heterocycles. The van der Waals surface area contributed by atoms with E-state index < -0.39 is 73.1 Å². The van der Waals surface area contributed by atoms with Gasteiger partial charge in [0.15, 0.2) is 17.8 Å². The van der Waals surface area contributed by atoms with Crippen molar-refractivity contribution in [3.8, 4) is 11.5 Å². The zero-order valence-corrected chi connectivity index (χ0v) is 19.3. The number of carbonyl (C=O) groups excluding carboxylic acids is 1. The van der Waals surface area contributed by atoms with Crippen LogP contribution < -0.4 is 0 Å². The predicted octanol–water partition coefficient (Wildman–Crippen LogP) is -0.904. The highest BCUT2D eigenvalue weighted by Crippen LogP contribution is 2.48. The van der Waals surface area contributed by atoms with Crippen LogP contribution in [0.4, 0.5) is 0 Å². The minimum Gasteiger partial charge on any atom is -0.504 e. The molecule has 0 spiro atoms. The summed E-state index contributed by atoms with van der Waals surface area (Å²) >= 11 is 0. The number of rotatable bonds is 6. The van der Waals surface area contributed by atoms with Crippen LogP contribution in [-0.4, -0.2) is 97.0 Å². The molecule has 36 heavy (non-hydrogen) atoms. The summed E-state index contributed by atoms with van der Waals surface area (Å²) in [5, 5.41) is 69.7. The third-order valence-corrected chi connectivity index (χ3v) is 6.78. The molecule has 2 fully saturated rings. The zero-order valence-electron chi connectivity index (χ0n) is 19.3. The minimum absolute atomic E-state index is 0.0458. The number of hydrogen-bond donors (Lipinski definition) is 7. The van der Waals surface area contributed by atoms with Crippen molar-refractivity contribution in [2.45, 2.75) is 62.0 Å². The molecule has 0 amide bonds. The Morgan fingerprint density at radius 2 is 1.89 bits per heavy atom. The number of aromatic hydroxyl groups is 2. The number of aliphatic hydroxyl groups excluding tert-OH is 4. The first-order valence-corrected chi connectivity index (χ1v) is 11.4. The molecule has 1 aromatic carbocycles. The van der Waals surface area contributed by atoms with Gasteiger partial charge in [0.2, 0.25) is 6.29 Å². The van der Waals surface area contributed by atoms with Gasteiger partial charge in [-0.2, -0.15) is 0 Å². The van der Waals surface area contributed by atoms with Crippen LogP contribution in [0.1, 0.15) is 18.9 Å². The lowest BCUT2D eigenvalue weighted by Gasteiger charge is -2.43. The molecule has 0 aromatic heterocycles. The number of carbonyl (C=O) groups is 1. The maximum Gasteiger partial charge on any atom is 0.331 e. The maximum absolute atomic E-state index is 12.5. The Balaban J connectivity index is 1.44. The van der Waals surface area contributed by atoms with Crippen LogP contribution in [0.5, 0.6) is 11.5 Å². The standard InChI is InChI=1S/C24H30O12/c1-24(32)9-15(34-17(28)5-3-11-2-4-13(26)14(27)8-11)12-6-7-33-22(18(12)24)36-23-21(31)20(30)19(29)16(10-25)35-23/h2-8,12,15-16,18-23,25-27,29-32H,9-10H2,1H3/b5-3+/t12-,15+,16+,18+,19+,20-,21+,22-,23-,24-/m0/s1. The SMILES string of the molecule is C[C@]1(O)C[C@@H](OC(=O)/C=C/c2ccc(O)c(O)c2)[C@@H]2C=CO[C@@H](O[C@@H]3O[C@H](CO)[C@@H](O)[C@H](O)[C@H]3O)[C@@H]21. The van der Waals surface area contributed by atoms with E-state index in [4.69, 9.17) is 18.9 Å². The molecule has 1 aromatic rings. The summed E-state index contributed by atoms with van der Waals surface area (Å²) in [6.45, 7) is 0.898. The van der Waals surface area contributed by atoms with E-state index in [0.717, 1.165) is 6.08 Å². The van der Waals surface area contributed by atoms with E-state index in [1.807, 2.05) is 0 Å². The highest BCUT2D eigenvalue weighted by atomic mass is 16.8. The molecule has 198 valence electrons. The van der Waals surface area contributed by atoms with Crippen LogP contribution in [0, 0.1) is 11.8 Å². The van der Waals surface area contributed by atoms with E-state index in [2.05, 4.69) is 0 Å². The summed E-state index contributed by atoms with van der Waals surface area (Å²) < 4.78 is 22.2. The Morgan fingerprint density at radius 3 is 2.58 bits per heavy atom. The smallest absolute Gasteiger partial charge is 0.331 e. The van der Waals surface area contributed by atoms with Crippen LogP contribution in [0.3, 0.4) is 0 Å². The van der Waals surface area contributed by atoms with Gasteiger partial charge < -0.3 is 54.7 Å². The zero-order chi connectivity index (χ0) is 26.2. The van der Waals surface area contributed by atoms with Crippen molar-refractivity contribution in [2.24, 2.45) is 11.8 Å². The number of benzene rings is 1. The molecule has 1 saturated carbocycles. The van der Waals surface area contributed by atoms with Gasteiger partial charge in [0.25, 0.3) is 0 Å². The van der Waals surface area contributed by atoms with Crippen molar-refractivity contribution < 1.29 is 59.5 Å². The third-order valence-electron chi connectivity index (χ3n) is 6.78. The Bertz CT molecular complexity index is 1000. The fraction of sp³-hybridized carbons (Fsp3) is 0.542. The summed E-state index contributed by atoms with van der Waals surface area (Å²) in [6, 6.07) is 4.05. The molecule has 0 bridgehead atoms. The molecule has 0 radical (unpaired) electrons. The summed E-state index contributed by atoms with van der Waals surface area (Å²) in [5.74, 6) is -2.61. The molecule has 2 heterocycles. The number of esters is 1. The Kier molecular flexibility index (Phi) is 7.57. The molecule has 12 heteroatoms. The highest BCUT2D eigenvalue weighted by Gasteiger charge is 2.57. The van der Waals surface area contributed by atoms with Crippen LogP contribution in [-0.2, 0) is 23.7 Å². The van der Waals surface area contributed by atoms with E-state index in [9.17, 15) is 40.5 Å². The van der Waals surface area contributed by atoms with Gasteiger partial charge in [-0.05, 0) is 36.8 Å². The molecular formula is C24H30O12. The minimum atomic E-state index is -1.65. The molecular weight excluding hydrogens is 480 g/mol. The fourth-order valence-corrected chi connectivity index (χ4v) is 4.89. The number of phenolic OH excluding ortho intramolecular Hbond substituents is 2. The van der Waals surface area contributed by atoms with Crippen LogP contribution in [0.2, 0.25) is 0 Å². The van der Waals surface area contributed by atoms with Crippen molar-refractivity contribution in [1.29, 1.82) is 0 Å². The van der Waals surface area contributed by atoms with Gasteiger partial charge in [-0.1, -0.05) is 6.07 Å². The summed E-state index contributed by atoms with van der Waals surface area (Å²) in [6.07, 6.45) is -3.89. The quantitative estimate of drug-likeness (QED) is 0.142.